The topological polar surface area (TPSA) is 38.5 Å². The van der Waals surface area contributed by atoms with E-state index in [0.717, 1.165) is 23.4 Å². The molecule has 3 atom stereocenters. The van der Waals surface area contributed by atoms with Crippen LogP contribution in [0.25, 0.3) is 0 Å². The molecule has 0 aliphatic carbocycles. The van der Waals surface area contributed by atoms with Crippen LogP contribution in [0.15, 0.2) is 24.3 Å². The van der Waals surface area contributed by atoms with Crippen LogP contribution >= 0.6 is 0 Å². The highest BCUT2D eigenvalue weighted by Crippen LogP contribution is 2.35. The zero-order chi connectivity index (χ0) is 12.5. The summed E-state index contributed by atoms with van der Waals surface area (Å²) in [7, 11) is 2.26. The van der Waals surface area contributed by atoms with Gasteiger partial charge in [0.1, 0.15) is 11.9 Å². The number of rotatable bonds is 3. The van der Waals surface area contributed by atoms with Crippen LogP contribution in [-0.4, -0.2) is 30.1 Å². The first kappa shape index (κ1) is 12.0. The number of benzene rings is 1. The summed E-state index contributed by atoms with van der Waals surface area (Å²) in [6.07, 6.45) is 5.39. The molecule has 0 radical (unpaired) electrons. The third-order valence-electron chi connectivity index (χ3n) is 4.49. The van der Waals surface area contributed by atoms with Crippen molar-refractivity contribution in [2.45, 2.75) is 50.4 Å². The van der Waals surface area contributed by atoms with Crippen molar-refractivity contribution in [3.05, 3.63) is 29.8 Å². The van der Waals surface area contributed by atoms with Crippen molar-refractivity contribution < 1.29 is 4.74 Å². The standard InChI is InChI=1S/C15H22N2O/c1-17-12-5-6-13(17)9-15(8-12)18-14-4-2-3-11(7-14)10-16/h2-4,7,12-13,15H,5-6,8-10,16H2,1H3/t12-,13+,15-. The van der Waals surface area contributed by atoms with Crippen molar-refractivity contribution in [2.75, 3.05) is 7.05 Å². The lowest BCUT2D eigenvalue weighted by Gasteiger charge is -2.36. The molecule has 2 N–H and O–H groups in total. The number of piperidine rings is 1. The van der Waals surface area contributed by atoms with Crippen molar-refractivity contribution in [3.8, 4) is 5.75 Å². The van der Waals surface area contributed by atoms with E-state index in [-0.39, 0.29) is 0 Å². The molecule has 0 spiro atoms. The molecule has 2 aliphatic rings. The van der Waals surface area contributed by atoms with E-state index in [9.17, 15) is 0 Å². The molecule has 2 aliphatic heterocycles. The number of fused-ring (bicyclic) bond motifs is 2. The smallest absolute Gasteiger partial charge is 0.120 e. The molecule has 0 amide bonds. The molecule has 3 nitrogen and oxygen atoms in total. The number of hydrogen-bond donors (Lipinski definition) is 1. The van der Waals surface area contributed by atoms with Crippen LogP contribution in [0.4, 0.5) is 0 Å². The normalized spacial score (nSPS) is 31.6. The molecule has 2 bridgehead atoms. The van der Waals surface area contributed by atoms with E-state index in [1.165, 1.54) is 25.7 Å². The highest BCUT2D eigenvalue weighted by atomic mass is 16.5. The molecule has 98 valence electrons. The summed E-state index contributed by atoms with van der Waals surface area (Å²) in [6.45, 7) is 0.579. The number of nitrogens with two attached hydrogens (primary N) is 1. The van der Waals surface area contributed by atoms with E-state index in [2.05, 4.69) is 18.0 Å². The third kappa shape index (κ3) is 2.25. The Labute approximate surface area is 109 Å². The van der Waals surface area contributed by atoms with Gasteiger partial charge in [-0.05, 0) is 50.4 Å². The highest BCUT2D eigenvalue weighted by molar-refractivity contribution is 5.28. The van der Waals surface area contributed by atoms with Crippen LogP contribution in [0.1, 0.15) is 31.2 Å². The van der Waals surface area contributed by atoms with Crippen molar-refractivity contribution >= 4 is 0 Å². The molecule has 1 aromatic rings. The Kier molecular flexibility index (Phi) is 3.27. The predicted molar refractivity (Wildman–Crippen MR) is 72.6 cm³/mol. The van der Waals surface area contributed by atoms with Crippen LogP contribution in [0, 0.1) is 0 Å². The van der Waals surface area contributed by atoms with Gasteiger partial charge in [-0.3, -0.25) is 0 Å². The summed E-state index contributed by atoms with van der Waals surface area (Å²) in [6, 6.07) is 9.64. The Morgan fingerprint density at radius 1 is 1.28 bits per heavy atom. The van der Waals surface area contributed by atoms with Crippen molar-refractivity contribution in [2.24, 2.45) is 5.73 Å². The van der Waals surface area contributed by atoms with Gasteiger partial charge in [0.05, 0.1) is 0 Å². The number of hydrogen-bond acceptors (Lipinski definition) is 3. The van der Waals surface area contributed by atoms with Crippen LogP contribution in [0.5, 0.6) is 5.75 Å². The second-order valence-corrected chi connectivity index (χ2v) is 5.61. The zero-order valence-corrected chi connectivity index (χ0v) is 11.0. The van der Waals surface area contributed by atoms with Gasteiger partial charge < -0.3 is 15.4 Å². The lowest BCUT2D eigenvalue weighted by atomic mass is 10.0. The minimum atomic E-state index is 0.381. The van der Waals surface area contributed by atoms with Gasteiger partial charge in [0, 0.05) is 18.6 Å². The lowest BCUT2D eigenvalue weighted by Crippen LogP contribution is -2.43. The molecule has 2 saturated heterocycles. The Morgan fingerprint density at radius 3 is 2.67 bits per heavy atom. The second-order valence-electron chi connectivity index (χ2n) is 5.61. The van der Waals surface area contributed by atoms with Crippen molar-refractivity contribution in [3.63, 3.8) is 0 Å². The monoisotopic (exact) mass is 246 g/mol. The molecule has 3 rings (SSSR count). The molecule has 2 heterocycles. The maximum atomic E-state index is 6.14. The first-order valence-electron chi connectivity index (χ1n) is 6.94. The maximum Gasteiger partial charge on any atom is 0.120 e. The van der Waals surface area contributed by atoms with Gasteiger partial charge in [-0.2, -0.15) is 0 Å². The fraction of sp³-hybridized carbons (Fsp3) is 0.600. The van der Waals surface area contributed by atoms with Crippen LogP contribution in [0.3, 0.4) is 0 Å². The number of ether oxygens (including phenoxy) is 1. The summed E-state index contributed by atoms with van der Waals surface area (Å²) >= 11 is 0. The molecule has 0 aromatic heterocycles. The van der Waals surface area contributed by atoms with Crippen molar-refractivity contribution in [1.29, 1.82) is 0 Å². The first-order chi connectivity index (χ1) is 8.76. The SMILES string of the molecule is CN1[C@@H]2CC[C@H]1C[C@H](Oc1cccc(CN)c1)C2. The third-order valence-corrected chi connectivity index (χ3v) is 4.49. The molecule has 2 fully saturated rings. The van der Waals surface area contributed by atoms with E-state index in [4.69, 9.17) is 10.5 Å². The minimum Gasteiger partial charge on any atom is -0.490 e. The summed E-state index contributed by atoms with van der Waals surface area (Å²) in [5, 5.41) is 0. The molecule has 18 heavy (non-hydrogen) atoms. The summed E-state index contributed by atoms with van der Waals surface area (Å²) in [4.78, 5) is 2.54. The van der Waals surface area contributed by atoms with Gasteiger partial charge >= 0.3 is 0 Å². The van der Waals surface area contributed by atoms with Gasteiger partial charge in [-0.15, -0.1) is 0 Å². The summed E-state index contributed by atoms with van der Waals surface area (Å²) in [5.74, 6) is 0.979. The molecular formula is C15H22N2O. The van der Waals surface area contributed by atoms with Gasteiger partial charge in [0.25, 0.3) is 0 Å². The average molecular weight is 246 g/mol. The van der Waals surface area contributed by atoms with Crippen LogP contribution in [0.2, 0.25) is 0 Å². The Bertz CT molecular complexity index is 407. The summed E-state index contributed by atoms with van der Waals surface area (Å²) in [5.41, 5.74) is 6.80. The second kappa shape index (κ2) is 4.90. The van der Waals surface area contributed by atoms with Gasteiger partial charge in [-0.1, -0.05) is 12.1 Å². The van der Waals surface area contributed by atoms with E-state index >= 15 is 0 Å². The van der Waals surface area contributed by atoms with E-state index < -0.39 is 0 Å². The van der Waals surface area contributed by atoms with E-state index in [0.29, 0.717) is 12.6 Å². The minimum absolute atomic E-state index is 0.381. The molecule has 0 saturated carbocycles. The fourth-order valence-corrected chi connectivity index (χ4v) is 3.40. The van der Waals surface area contributed by atoms with Crippen molar-refractivity contribution in [1.82, 2.24) is 4.90 Å². The van der Waals surface area contributed by atoms with E-state index in [1.54, 1.807) is 0 Å². The molecule has 1 aromatic carbocycles. The molecule has 3 heteroatoms. The Hall–Kier alpha value is -1.06. The highest BCUT2D eigenvalue weighted by Gasteiger charge is 2.39. The Morgan fingerprint density at radius 2 is 2.00 bits per heavy atom. The summed E-state index contributed by atoms with van der Waals surface area (Å²) < 4.78 is 6.14. The van der Waals surface area contributed by atoms with Gasteiger partial charge in [-0.25, -0.2) is 0 Å². The number of nitrogens with zero attached hydrogens (tertiary/aromatic N) is 1. The zero-order valence-electron chi connectivity index (χ0n) is 11.0. The quantitative estimate of drug-likeness (QED) is 0.888. The average Bonchev–Trinajstić information content (AvgIpc) is 2.62. The lowest BCUT2D eigenvalue weighted by molar-refractivity contribution is 0.0661. The first-order valence-corrected chi connectivity index (χ1v) is 6.94. The molecule has 0 unspecified atom stereocenters. The van der Waals surface area contributed by atoms with Gasteiger partial charge in [0.2, 0.25) is 0 Å². The van der Waals surface area contributed by atoms with Crippen LogP contribution < -0.4 is 10.5 Å². The van der Waals surface area contributed by atoms with Crippen LogP contribution in [-0.2, 0) is 6.54 Å². The maximum absolute atomic E-state index is 6.14. The Balaban J connectivity index is 1.66. The van der Waals surface area contributed by atoms with E-state index in [1.807, 2.05) is 18.2 Å². The van der Waals surface area contributed by atoms with Gasteiger partial charge in [0.15, 0.2) is 0 Å². The predicted octanol–water partition coefficient (Wildman–Crippen LogP) is 2.15. The fourth-order valence-electron chi connectivity index (χ4n) is 3.40. The largest absolute Gasteiger partial charge is 0.490 e. The molecular weight excluding hydrogens is 224 g/mol.